The zero-order chi connectivity index (χ0) is 34.1. The third kappa shape index (κ3) is 7.90. The number of rotatable bonds is 13. The van der Waals surface area contributed by atoms with Gasteiger partial charge in [-0.25, -0.2) is 0 Å². The van der Waals surface area contributed by atoms with Crippen molar-refractivity contribution in [1.29, 1.82) is 0 Å². The minimum Gasteiger partial charge on any atom is -0.376 e. The Balaban J connectivity index is 1.30. The van der Waals surface area contributed by atoms with Crippen LogP contribution in [0.5, 0.6) is 0 Å². The van der Waals surface area contributed by atoms with Crippen molar-refractivity contribution in [1.82, 2.24) is 15.5 Å². The van der Waals surface area contributed by atoms with E-state index in [9.17, 15) is 24.0 Å². The third-order valence-corrected chi connectivity index (χ3v) is 11.3. The molecule has 258 valence electrons. The van der Waals surface area contributed by atoms with Crippen molar-refractivity contribution in [2.45, 2.75) is 117 Å². The van der Waals surface area contributed by atoms with Gasteiger partial charge in [-0.15, -0.1) is 0 Å². The Kier molecular flexibility index (Phi) is 10.2. The van der Waals surface area contributed by atoms with E-state index in [2.05, 4.69) is 24.5 Å². The summed E-state index contributed by atoms with van der Waals surface area (Å²) < 4.78 is 6.23. The molecule has 5 atom stereocenters. The van der Waals surface area contributed by atoms with Crippen LogP contribution in [0.2, 0.25) is 0 Å². The molecule has 0 radical (unpaired) electrons. The predicted octanol–water partition coefficient (Wildman–Crippen LogP) is 3.90. The number of nitrogens with one attached hydrogen (secondary N) is 2. The fourth-order valence-electron chi connectivity index (χ4n) is 8.21. The van der Waals surface area contributed by atoms with Crippen LogP contribution in [0.1, 0.15) is 98.0 Å². The molecule has 10 nitrogen and oxygen atoms in total. The van der Waals surface area contributed by atoms with Gasteiger partial charge in [0.15, 0.2) is 0 Å². The molecule has 4 fully saturated rings. The minimum atomic E-state index is -1.07. The van der Waals surface area contributed by atoms with Gasteiger partial charge in [0, 0.05) is 18.4 Å². The van der Waals surface area contributed by atoms with Crippen LogP contribution in [0.25, 0.3) is 0 Å². The Morgan fingerprint density at radius 3 is 2.19 bits per heavy atom. The minimum absolute atomic E-state index is 0.0812. The number of amides is 4. The van der Waals surface area contributed by atoms with Crippen molar-refractivity contribution in [2.24, 2.45) is 39.7 Å². The first-order chi connectivity index (χ1) is 22.1. The van der Waals surface area contributed by atoms with E-state index in [-0.39, 0.29) is 46.8 Å². The van der Waals surface area contributed by atoms with Crippen LogP contribution < -0.4 is 16.4 Å². The van der Waals surface area contributed by atoms with Crippen molar-refractivity contribution in [3.63, 3.8) is 0 Å². The van der Waals surface area contributed by atoms with Gasteiger partial charge >= 0.3 is 0 Å². The highest BCUT2D eigenvalue weighted by Crippen LogP contribution is 2.65. The molecule has 1 saturated heterocycles. The molecule has 47 heavy (non-hydrogen) atoms. The van der Waals surface area contributed by atoms with E-state index in [4.69, 9.17) is 10.5 Å². The van der Waals surface area contributed by atoms with E-state index in [1.165, 1.54) is 0 Å². The van der Waals surface area contributed by atoms with E-state index in [0.29, 0.717) is 19.8 Å². The summed E-state index contributed by atoms with van der Waals surface area (Å²) in [6, 6.07) is 7.39. The number of ketones is 1. The van der Waals surface area contributed by atoms with Crippen LogP contribution in [0.15, 0.2) is 30.3 Å². The zero-order valence-corrected chi connectivity index (χ0v) is 28.8. The highest BCUT2D eigenvalue weighted by molar-refractivity contribution is 6.38. The molecule has 4 amide bonds. The number of carbonyl (C=O) groups excluding carboxylic acids is 5. The molecule has 1 aliphatic heterocycles. The normalized spacial score (nSPS) is 25.9. The van der Waals surface area contributed by atoms with Crippen molar-refractivity contribution in [3.05, 3.63) is 35.9 Å². The Hall–Kier alpha value is -3.27. The summed E-state index contributed by atoms with van der Waals surface area (Å²) in [6.07, 6.45) is 7.84. The molecule has 3 aliphatic carbocycles. The van der Waals surface area contributed by atoms with Crippen LogP contribution in [0.3, 0.4) is 0 Å². The number of benzene rings is 1. The molecule has 4 aliphatic rings. The molecule has 0 aromatic heterocycles. The van der Waals surface area contributed by atoms with Gasteiger partial charge in [-0.05, 0) is 59.8 Å². The van der Waals surface area contributed by atoms with E-state index < -0.39 is 41.1 Å². The van der Waals surface area contributed by atoms with Gasteiger partial charge in [0.05, 0.1) is 13.2 Å². The highest BCUT2D eigenvalue weighted by Gasteiger charge is 2.70. The molecule has 0 bridgehead atoms. The Morgan fingerprint density at radius 2 is 1.62 bits per heavy atom. The van der Waals surface area contributed by atoms with Crippen LogP contribution in [-0.2, 0) is 35.3 Å². The number of fused-ring (bicyclic) bond motifs is 1. The number of ether oxygens (including phenoxy) is 1. The van der Waals surface area contributed by atoms with Gasteiger partial charge in [0.2, 0.25) is 23.5 Å². The standard InChI is InChI=1S/C37H54N4O6/c1-35(2,3)31(39-26(42)19-37(17-11-6-7-12-18-37)22-47-21-23-13-9-8-10-14-23)34(46)41-20-25-27(36(25,4)5)29(41)33(45)40-28(24-15-16-24)30(43)32(38)44/h8-10,13-14,24-25,27-29,31H,6-7,11-12,15-22H2,1-5H3,(H2,38,44)(H,39,42)(H,40,45)/t25-,27-,28?,29-,31+/m0/s1. The maximum absolute atomic E-state index is 14.4. The summed E-state index contributed by atoms with van der Waals surface area (Å²) >= 11 is 0. The fraction of sp³-hybridized carbons (Fsp3) is 0.703. The fourth-order valence-corrected chi connectivity index (χ4v) is 8.21. The largest absolute Gasteiger partial charge is 0.376 e. The van der Waals surface area contributed by atoms with Crippen LogP contribution in [0, 0.1) is 34.0 Å². The second-order valence-electron chi connectivity index (χ2n) is 16.4. The number of carbonyl (C=O) groups is 5. The number of likely N-dealkylation sites (tertiary alicyclic amines) is 1. The number of Topliss-reactive ketones (excluding diaryl/α,β-unsaturated/α-hetero) is 1. The third-order valence-electron chi connectivity index (χ3n) is 11.3. The zero-order valence-electron chi connectivity index (χ0n) is 28.8. The average molecular weight is 651 g/mol. The van der Waals surface area contributed by atoms with Crippen LogP contribution in [-0.4, -0.2) is 65.6 Å². The molecule has 1 aromatic rings. The lowest BCUT2D eigenvalue weighted by molar-refractivity contribution is -0.147. The van der Waals surface area contributed by atoms with Crippen molar-refractivity contribution >= 4 is 29.4 Å². The molecule has 10 heteroatoms. The lowest BCUT2D eigenvalue weighted by atomic mass is 9.77. The second kappa shape index (κ2) is 13.7. The first kappa shape index (κ1) is 35.0. The molecular weight excluding hydrogens is 596 g/mol. The van der Waals surface area contributed by atoms with E-state index in [1.807, 2.05) is 51.1 Å². The molecule has 0 spiro atoms. The van der Waals surface area contributed by atoms with Crippen molar-refractivity contribution < 1.29 is 28.7 Å². The second-order valence-corrected chi connectivity index (χ2v) is 16.4. The van der Waals surface area contributed by atoms with E-state index in [1.54, 1.807) is 4.90 Å². The van der Waals surface area contributed by atoms with Gasteiger partial charge in [-0.1, -0.05) is 90.6 Å². The van der Waals surface area contributed by atoms with Crippen molar-refractivity contribution in [3.8, 4) is 0 Å². The molecule has 1 unspecified atom stereocenters. The number of nitrogens with zero attached hydrogens (tertiary/aromatic N) is 1. The summed E-state index contributed by atoms with van der Waals surface area (Å²) in [5.74, 6) is -2.87. The van der Waals surface area contributed by atoms with E-state index >= 15 is 0 Å². The molecule has 5 rings (SSSR count). The quantitative estimate of drug-likeness (QED) is 0.218. The maximum atomic E-state index is 14.4. The SMILES string of the molecule is CC(C)(C)[C@H](NC(=O)CC1(COCc2ccccc2)CCCCCC1)C(=O)N1C[C@H]2[C@@H]([C@H]1C(=O)NC(C(=O)C(N)=O)C1CC1)C2(C)C. The number of hydrogen-bond acceptors (Lipinski definition) is 6. The lowest BCUT2D eigenvalue weighted by Crippen LogP contribution is -2.61. The van der Waals surface area contributed by atoms with Crippen LogP contribution in [0.4, 0.5) is 0 Å². The van der Waals surface area contributed by atoms with Gasteiger partial charge in [0.1, 0.15) is 18.1 Å². The Labute approximate surface area is 279 Å². The number of nitrogens with two attached hydrogens (primary N) is 1. The van der Waals surface area contributed by atoms with Crippen molar-refractivity contribution in [2.75, 3.05) is 13.2 Å². The topological polar surface area (TPSA) is 148 Å². The van der Waals surface area contributed by atoms with Crippen LogP contribution >= 0.6 is 0 Å². The molecule has 1 heterocycles. The molecule has 1 aromatic carbocycles. The smallest absolute Gasteiger partial charge is 0.287 e. The predicted molar refractivity (Wildman–Crippen MR) is 177 cm³/mol. The van der Waals surface area contributed by atoms with Gasteiger partial charge in [-0.2, -0.15) is 0 Å². The van der Waals surface area contributed by atoms with E-state index in [0.717, 1.165) is 56.9 Å². The summed E-state index contributed by atoms with van der Waals surface area (Å²) in [5, 5.41) is 5.93. The average Bonchev–Trinajstić information content (AvgIpc) is 3.90. The van der Waals surface area contributed by atoms with Gasteiger partial charge in [-0.3, -0.25) is 24.0 Å². The first-order valence-electron chi connectivity index (χ1n) is 17.5. The maximum Gasteiger partial charge on any atom is 0.287 e. The number of piperidine rings is 1. The summed E-state index contributed by atoms with van der Waals surface area (Å²) in [6.45, 7) is 11.3. The van der Waals surface area contributed by atoms with Gasteiger partial charge in [0.25, 0.3) is 5.91 Å². The molecule has 3 saturated carbocycles. The summed E-state index contributed by atoms with van der Waals surface area (Å²) in [7, 11) is 0. The summed E-state index contributed by atoms with van der Waals surface area (Å²) in [5.41, 5.74) is 5.31. The molecular formula is C37H54N4O6. The molecule has 4 N–H and O–H groups in total. The van der Waals surface area contributed by atoms with Gasteiger partial charge < -0.3 is 26.0 Å². The Bertz CT molecular complexity index is 1340. The first-order valence-corrected chi connectivity index (χ1v) is 17.5. The highest BCUT2D eigenvalue weighted by atomic mass is 16.5. The number of primary amides is 1. The Morgan fingerprint density at radius 1 is 0.979 bits per heavy atom. The summed E-state index contributed by atoms with van der Waals surface area (Å²) in [4.78, 5) is 68.1. The monoisotopic (exact) mass is 650 g/mol. The lowest BCUT2D eigenvalue weighted by Gasteiger charge is -2.39. The number of hydrogen-bond donors (Lipinski definition) is 3.